The average molecular weight is 294 g/mol. The van der Waals surface area contributed by atoms with Crippen molar-refractivity contribution >= 4 is 45.8 Å². The van der Waals surface area contributed by atoms with E-state index >= 15 is 0 Å². The number of hydrogen-bond acceptors (Lipinski definition) is 4. The lowest BCUT2D eigenvalue weighted by atomic mass is 10.1. The molecule has 2 amide bonds. The summed E-state index contributed by atoms with van der Waals surface area (Å²) in [5.41, 5.74) is 2.86. The summed E-state index contributed by atoms with van der Waals surface area (Å²) in [5.74, 6) is -0.364. The maximum absolute atomic E-state index is 11.9. The van der Waals surface area contributed by atoms with Crippen molar-refractivity contribution in [1.82, 2.24) is 5.32 Å². The third-order valence-electron chi connectivity index (χ3n) is 2.80. The predicted molar refractivity (Wildman–Crippen MR) is 81.3 cm³/mol. The molecule has 6 heteroatoms. The van der Waals surface area contributed by atoms with E-state index in [0.717, 1.165) is 16.8 Å². The number of amides is 2. The highest BCUT2D eigenvalue weighted by Crippen LogP contribution is 2.23. The number of thiocarbonyl (C=S) groups is 1. The van der Waals surface area contributed by atoms with Crippen LogP contribution in [0.3, 0.4) is 0 Å². The first-order valence-electron chi connectivity index (χ1n) is 5.84. The van der Waals surface area contributed by atoms with Crippen LogP contribution >= 0.6 is 24.0 Å². The van der Waals surface area contributed by atoms with E-state index in [1.54, 1.807) is 0 Å². The molecule has 19 heavy (non-hydrogen) atoms. The monoisotopic (exact) mass is 294 g/mol. The van der Waals surface area contributed by atoms with Crippen LogP contribution in [0.2, 0.25) is 0 Å². The second-order valence-corrected chi connectivity index (χ2v) is 6.33. The molecule has 0 aromatic heterocycles. The fourth-order valence-electron chi connectivity index (χ4n) is 1.77. The molecule has 2 N–H and O–H groups in total. The van der Waals surface area contributed by atoms with Gasteiger partial charge in [0.05, 0.1) is 5.25 Å². The minimum atomic E-state index is -0.419. The Hall–Kier alpha value is -1.40. The van der Waals surface area contributed by atoms with Gasteiger partial charge in [0.15, 0.2) is 0 Å². The number of hydrogen-bond donors (Lipinski definition) is 2. The van der Waals surface area contributed by atoms with Crippen molar-refractivity contribution in [3.8, 4) is 0 Å². The molecule has 1 aromatic rings. The number of carbonyl (C=O) groups is 2. The molecule has 0 spiro atoms. The van der Waals surface area contributed by atoms with E-state index in [0.29, 0.717) is 4.32 Å². The van der Waals surface area contributed by atoms with Gasteiger partial charge < -0.3 is 10.6 Å². The summed E-state index contributed by atoms with van der Waals surface area (Å²) in [6.07, 6.45) is 0.129. The largest absolute Gasteiger partial charge is 0.326 e. The maximum Gasteiger partial charge on any atom is 0.239 e. The summed E-state index contributed by atoms with van der Waals surface area (Å²) in [4.78, 5) is 23.4. The smallest absolute Gasteiger partial charge is 0.239 e. The minimum Gasteiger partial charge on any atom is -0.326 e. The van der Waals surface area contributed by atoms with Crippen molar-refractivity contribution in [2.75, 3.05) is 5.32 Å². The predicted octanol–water partition coefficient (Wildman–Crippen LogP) is 2.15. The van der Waals surface area contributed by atoms with Crippen LogP contribution in [0.5, 0.6) is 0 Å². The molecular weight excluding hydrogens is 280 g/mol. The van der Waals surface area contributed by atoms with Gasteiger partial charge in [0, 0.05) is 12.1 Å². The van der Waals surface area contributed by atoms with E-state index in [1.165, 1.54) is 11.8 Å². The van der Waals surface area contributed by atoms with Crippen LogP contribution in [-0.2, 0) is 9.59 Å². The van der Waals surface area contributed by atoms with E-state index in [-0.39, 0.29) is 18.2 Å². The first-order valence-corrected chi connectivity index (χ1v) is 7.13. The summed E-state index contributed by atoms with van der Waals surface area (Å²) < 4.78 is 0.439. The number of carbonyl (C=O) groups excluding carboxylic acids is 2. The van der Waals surface area contributed by atoms with Crippen molar-refractivity contribution in [1.29, 1.82) is 0 Å². The van der Waals surface area contributed by atoms with E-state index in [4.69, 9.17) is 12.2 Å². The van der Waals surface area contributed by atoms with Crippen molar-refractivity contribution in [3.05, 3.63) is 29.3 Å². The third kappa shape index (κ3) is 3.54. The Morgan fingerprint density at radius 1 is 1.47 bits per heavy atom. The molecule has 0 bridgehead atoms. The molecule has 100 valence electrons. The quantitative estimate of drug-likeness (QED) is 0.839. The van der Waals surface area contributed by atoms with Crippen molar-refractivity contribution < 1.29 is 9.59 Å². The van der Waals surface area contributed by atoms with Crippen molar-refractivity contribution in [2.45, 2.75) is 25.5 Å². The standard InChI is InChI=1S/C13H14N2O2S2/c1-7-3-4-8(2)9(5-7)14-11(16)6-10-12(17)15-13(18)19-10/h3-5,10H,6H2,1-2H3,(H,14,16)(H,15,17,18)/t10-/m0/s1. The lowest BCUT2D eigenvalue weighted by Crippen LogP contribution is -2.27. The Morgan fingerprint density at radius 2 is 2.21 bits per heavy atom. The number of rotatable bonds is 3. The van der Waals surface area contributed by atoms with E-state index in [9.17, 15) is 9.59 Å². The van der Waals surface area contributed by atoms with Crippen molar-refractivity contribution in [3.63, 3.8) is 0 Å². The molecular formula is C13H14N2O2S2. The Balaban J connectivity index is 2.00. The highest BCUT2D eigenvalue weighted by Gasteiger charge is 2.30. The van der Waals surface area contributed by atoms with Crippen LogP contribution < -0.4 is 10.6 Å². The first kappa shape index (κ1) is 14.0. The van der Waals surface area contributed by atoms with Gasteiger partial charge >= 0.3 is 0 Å². The molecule has 0 aliphatic carbocycles. The Bertz CT molecular complexity index is 558. The van der Waals surface area contributed by atoms with Crippen LogP contribution in [0.1, 0.15) is 17.5 Å². The molecule has 1 heterocycles. The van der Waals surface area contributed by atoms with E-state index < -0.39 is 5.25 Å². The van der Waals surface area contributed by atoms with E-state index in [2.05, 4.69) is 10.6 Å². The van der Waals surface area contributed by atoms with Crippen LogP contribution in [0.4, 0.5) is 5.69 Å². The number of nitrogens with one attached hydrogen (secondary N) is 2. The van der Waals surface area contributed by atoms with Crippen LogP contribution in [0.15, 0.2) is 18.2 Å². The van der Waals surface area contributed by atoms with Gasteiger partial charge in [0.2, 0.25) is 11.8 Å². The molecule has 0 saturated carbocycles. The van der Waals surface area contributed by atoms with Gasteiger partial charge in [-0.2, -0.15) is 0 Å². The molecule has 1 aromatic carbocycles. The number of benzene rings is 1. The van der Waals surface area contributed by atoms with E-state index in [1.807, 2.05) is 32.0 Å². The van der Waals surface area contributed by atoms with Gasteiger partial charge in [-0.05, 0) is 31.0 Å². The number of thioether (sulfide) groups is 1. The molecule has 2 rings (SSSR count). The zero-order valence-electron chi connectivity index (χ0n) is 10.6. The van der Waals surface area contributed by atoms with Gasteiger partial charge in [-0.3, -0.25) is 9.59 Å². The lowest BCUT2D eigenvalue weighted by molar-refractivity contribution is -0.122. The zero-order chi connectivity index (χ0) is 14.0. The normalized spacial score (nSPS) is 18.3. The Labute approximate surface area is 121 Å². The zero-order valence-corrected chi connectivity index (χ0v) is 12.3. The topological polar surface area (TPSA) is 58.2 Å². The van der Waals surface area contributed by atoms with Gasteiger partial charge in [0.1, 0.15) is 4.32 Å². The lowest BCUT2D eigenvalue weighted by Gasteiger charge is -2.10. The second-order valence-electron chi connectivity index (χ2n) is 4.45. The molecule has 4 nitrogen and oxygen atoms in total. The fourth-order valence-corrected chi connectivity index (χ4v) is 3.04. The van der Waals surface area contributed by atoms with Crippen molar-refractivity contribution in [2.24, 2.45) is 0 Å². The van der Waals surface area contributed by atoms with Crippen LogP contribution in [0, 0.1) is 13.8 Å². The summed E-state index contributed by atoms with van der Waals surface area (Å²) in [6, 6.07) is 5.86. The van der Waals surface area contributed by atoms with Gasteiger partial charge in [-0.1, -0.05) is 36.1 Å². The SMILES string of the molecule is Cc1ccc(C)c(NC(=O)C[C@@H]2SC(=S)NC2=O)c1. The number of anilines is 1. The summed E-state index contributed by atoms with van der Waals surface area (Å²) >= 11 is 6.12. The summed E-state index contributed by atoms with van der Waals surface area (Å²) in [6.45, 7) is 3.90. The molecule has 0 radical (unpaired) electrons. The van der Waals surface area contributed by atoms with Gasteiger partial charge in [-0.15, -0.1) is 0 Å². The maximum atomic E-state index is 11.9. The first-order chi connectivity index (χ1) is 8.95. The summed E-state index contributed by atoms with van der Waals surface area (Å²) in [5, 5.41) is 4.95. The van der Waals surface area contributed by atoms with Crippen LogP contribution in [0.25, 0.3) is 0 Å². The second kappa shape index (κ2) is 5.71. The number of aryl methyl sites for hydroxylation is 2. The summed E-state index contributed by atoms with van der Waals surface area (Å²) in [7, 11) is 0. The van der Waals surface area contributed by atoms with Gasteiger partial charge in [0.25, 0.3) is 0 Å². The molecule has 1 atom stereocenters. The Kier molecular flexibility index (Phi) is 4.21. The highest BCUT2D eigenvalue weighted by molar-refractivity contribution is 8.24. The molecule has 0 unspecified atom stereocenters. The highest BCUT2D eigenvalue weighted by atomic mass is 32.2. The van der Waals surface area contributed by atoms with Gasteiger partial charge in [-0.25, -0.2) is 0 Å². The minimum absolute atomic E-state index is 0.129. The average Bonchev–Trinajstić information content (AvgIpc) is 2.62. The third-order valence-corrected chi connectivity index (χ3v) is 4.18. The molecule has 1 aliphatic rings. The van der Waals surface area contributed by atoms with Crippen LogP contribution in [-0.4, -0.2) is 21.4 Å². The Morgan fingerprint density at radius 3 is 2.84 bits per heavy atom. The molecule has 1 aliphatic heterocycles. The fraction of sp³-hybridized carbons (Fsp3) is 0.308. The molecule has 1 fully saturated rings. The molecule has 1 saturated heterocycles.